The Labute approximate surface area is 64.0 Å². The second kappa shape index (κ2) is 3.71. The van der Waals surface area contributed by atoms with Crippen molar-refractivity contribution in [3.63, 3.8) is 0 Å². The highest BCUT2D eigenvalue weighted by molar-refractivity contribution is 5.47. The first-order chi connectivity index (χ1) is 5.33. The predicted molar refractivity (Wildman–Crippen MR) is 38.9 cm³/mol. The van der Waals surface area contributed by atoms with Crippen molar-refractivity contribution >= 4 is 6.41 Å². The smallest absolute Gasteiger partial charge is 0.309 e. The Morgan fingerprint density at radius 2 is 2.00 bits per heavy atom. The summed E-state index contributed by atoms with van der Waals surface area (Å²) in [6, 6.07) is 5.92. The number of rotatable bonds is 3. The van der Waals surface area contributed by atoms with Gasteiger partial charge in [-0.1, -0.05) is 12.1 Å². The SMILES string of the molecule is O=[C]NCc1ccc(F)cc1. The van der Waals surface area contributed by atoms with E-state index in [1.54, 1.807) is 12.1 Å². The van der Waals surface area contributed by atoms with E-state index in [0.29, 0.717) is 6.54 Å². The molecule has 11 heavy (non-hydrogen) atoms. The van der Waals surface area contributed by atoms with Crippen molar-refractivity contribution in [1.29, 1.82) is 0 Å². The summed E-state index contributed by atoms with van der Waals surface area (Å²) in [5.41, 5.74) is 0.856. The van der Waals surface area contributed by atoms with Gasteiger partial charge >= 0.3 is 6.41 Å². The number of hydrogen-bond donors (Lipinski definition) is 1. The van der Waals surface area contributed by atoms with Crippen LogP contribution in [0, 0.1) is 5.82 Å². The molecular weight excluding hydrogens is 145 g/mol. The third kappa shape index (κ3) is 2.37. The van der Waals surface area contributed by atoms with Crippen LogP contribution < -0.4 is 5.32 Å². The third-order valence-electron chi connectivity index (χ3n) is 1.28. The van der Waals surface area contributed by atoms with Crippen LogP contribution in [-0.2, 0) is 11.3 Å². The Kier molecular flexibility index (Phi) is 2.60. The summed E-state index contributed by atoms with van der Waals surface area (Å²) in [5.74, 6) is -0.274. The third-order valence-corrected chi connectivity index (χ3v) is 1.28. The zero-order chi connectivity index (χ0) is 8.10. The molecule has 0 atom stereocenters. The van der Waals surface area contributed by atoms with Gasteiger partial charge in [-0.3, -0.25) is 4.79 Å². The summed E-state index contributed by atoms with van der Waals surface area (Å²) >= 11 is 0. The maximum atomic E-state index is 12.3. The Bertz CT molecular complexity index is 232. The molecule has 1 aromatic carbocycles. The Morgan fingerprint density at radius 1 is 1.36 bits per heavy atom. The van der Waals surface area contributed by atoms with Crippen LogP contribution in [0.1, 0.15) is 5.56 Å². The molecule has 3 heteroatoms. The lowest BCUT2D eigenvalue weighted by Gasteiger charge is -1.96. The highest BCUT2D eigenvalue weighted by atomic mass is 19.1. The van der Waals surface area contributed by atoms with Gasteiger partial charge in [0, 0.05) is 6.54 Å². The summed E-state index contributed by atoms with van der Waals surface area (Å²) in [4.78, 5) is 9.73. The number of halogens is 1. The van der Waals surface area contributed by atoms with Gasteiger partial charge < -0.3 is 5.32 Å². The molecule has 0 aliphatic carbocycles. The fourth-order valence-electron chi connectivity index (χ4n) is 0.740. The lowest BCUT2D eigenvalue weighted by Crippen LogP contribution is -2.09. The molecule has 0 fully saturated rings. The van der Waals surface area contributed by atoms with Gasteiger partial charge in [0.25, 0.3) is 0 Å². The molecular formula is C8H7FNO. The molecule has 0 saturated heterocycles. The zero-order valence-electron chi connectivity index (χ0n) is 5.80. The highest BCUT2D eigenvalue weighted by Gasteiger charge is 1.91. The van der Waals surface area contributed by atoms with E-state index < -0.39 is 0 Å². The maximum absolute atomic E-state index is 12.3. The van der Waals surface area contributed by atoms with Crippen LogP contribution in [0.3, 0.4) is 0 Å². The zero-order valence-corrected chi connectivity index (χ0v) is 5.80. The fourth-order valence-corrected chi connectivity index (χ4v) is 0.740. The molecule has 57 valence electrons. The quantitative estimate of drug-likeness (QED) is 0.643. The van der Waals surface area contributed by atoms with E-state index in [0.717, 1.165) is 5.56 Å². The molecule has 0 saturated carbocycles. The van der Waals surface area contributed by atoms with Crippen molar-refractivity contribution in [2.45, 2.75) is 6.54 Å². The van der Waals surface area contributed by atoms with Gasteiger partial charge in [0.1, 0.15) is 5.82 Å². The van der Waals surface area contributed by atoms with Crippen LogP contribution >= 0.6 is 0 Å². The molecule has 2 nitrogen and oxygen atoms in total. The lowest BCUT2D eigenvalue weighted by molar-refractivity contribution is 0.542. The number of benzene rings is 1. The van der Waals surface area contributed by atoms with Crippen molar-refractivity contribution in [2.24, 2.45) is 0 Å². The van der Waals surface area contributed by atoms with Gasteiger partial charge in [-0.2, -0.15) is 0 Å². The molecule has 1 amide bonds. The summed E-state index contributed by atoms with van der Waals surface area (Å²) in [5, 5.41) is 2.36. The minimum absolute atomic E-state index is 0.274. The van der Waals surface area contributed by atoms with Crippen LogP contribution in [-0.4, -0.2) is 6.41 Å². The highest BCUT2D eigenvalue weighted by Crippen LogP contribution is 2.01. The number of amides is 1. The minimum atomic E-state index is -0.274. The number of hydrogen-bond acceptors (Lipinski definition) is 1. The lowest BCUT2D eigenvalue weighted by atomic mass is 10.2. The second-order valence-corrected chi connectivity index (χ2v) is 2.08. The molecule has 0 bridgehead atoms. The average Bonchev–Trinajstić information content (AvgIpc) is 2.04. The minimum Gasteiger partial charge on any atom is -0.344 e. The molecule has 0 aliphatic rings. The van der Waals surface area contributed by atoms with E-state index in [2.05, 4.69) is 5.32 Å². The van der Waals surface area contributed by atoms with Gasteiger partial charge in [-0.25, -0.2) is 4.39 Å². The number of carbonyl (C=O) groups excluding carboxylic acids is 1. The van der Waals surface area contributed by atoms with E-state index >= 15 is 0 Å². The first kappa shape index (κ1) is 7.72. The monoisotopic (exact) mass is 152 g/mol. The first-order valence-electron chi connectivity index (χ1n) is 3.17. The number of nitrogens with one attached hydrogen (secondary N) is 1. The van der Waals surface area contributed by atoms with Crippen LogP contribution in [0.2, 0.25) is 0 Å². The van der Waals surface area contributed by atoms with Crippen LogP contribution in [0.5, 0.6) is 0 Å². The van der Waals surface area contributed by atoms with Gasteiger partial charge in [0.15, 0.2) is 0 Å². The standard InChI is InChI=1S/C8H7FNO/c9-8-3-1-7(2-4-8)5-10-6-11/h1-4H,5H2,(H,10,11). The molecule has 0 heterocycles. The van der Waals surface area contributed by atoms with E-state index in [9.17, 15) is 9.18 Å². The van der Waals surface area contributed by atoms with Crippen molar-refractivity contribution in [2.75, 3.05) is 0 Å². The molecule has 0 unspecified atom stereocenters. The van der Waals surface area contributed by atoms with Crippen LogP contribution in [0.15, 0.2) is 24.3 Å². The van der Waals surface area contributed by atoms with E-state index in [4.69, 9.17) is 0 Å². The fraction of sp³-hybridized carbons (Fsp3) is 0.125. The Hall–Kier alpha value is -1.38. The van der Waals surface area contributed by atoms with Crippen LogP contribution in [0.25, 0.3) is 0 Å². The van der Waals surface area contributed by atoms with Gasteiger partial charge in [-0.15, -0.1) is 0 Å². The summed E-state index contributed by atoms with van der Waals surface area (Å²) in [7, 11) is 0. The first-order valence-corrected chi connectivity index (χ1v) is 3.17. The van der Waals surface area contributed by atoms with Crippen molar-refractivity contribution in [3.05, 3.63) is 35.6 Å². The molecule has 1 N–H and O–H groups in total. The maximum Gasteiger partial charge on any atom is 0.309 e. The van der Waals surface area contributed by atoms with Crippen molar-refractivity contribution < 1.29 is 9.18 Å². The molecule has 0 aliphatic heterocycles. The van der Waals surface area contributed by atoms with E-state index in [1.165, 1.54) is 18.5 Å². The largest absolute Gasteiger partial charge is 0.344 e. The van der Waals surface area contributed by atoms with Crippen molar-refractivity contribution in [3.8, 4) is 0 Å². The normalized spacial score (nSPS) is 9.18. The topological polar surface area (TPSA) is 29.1 Å². The van der Waals surface area contributed by atoms with E-state index in [1.807, 2.05) is 0 Å². The summed E-state index contributed by atoms with van der Waals surface area (Å²) in [6.45, 7) is 0.393. The van der Waals surface area contributed by atoms with Gasteiger partial charge in [0.05, 0.1) is 0 Å². The van der Waals surface area contributed by atoms with E-state index in [-0.39, 0.29) is 5.82 Å². The van der Waals surface area contributed by atoms with Crippen LogP contribution in [0.4, 0.5) is 4.39 Å². The molecule has 1 radical (unpaired) electrons. The summed E-state index contributed by atoms with van der Waals surface area (Å²) in [6.07, 6.45) is 1.54. The van der Waals surface area contributed by atoms with Gasteiger partial charge in [0.2, 0.25) is 0 Å². The Morgan fingerprint density at radius 3 is 2.55 bits per heavy atom. The predicted octanol–water partition coefficient (Wildman–Crippen LogP) is 0.983. The van der Waals surface area contributed by atoms with Crippen molar-refractivity contribution in [1.82, 2.24) is 5.32 Å². The van der Waals surface area contributed by atoms with Gasteiger partial charge in [-0.05, 0) is 17.7 Å². The molecule has 0 aromatic heterocycles. The summed E-state index contributed by atoms with van der Waals surface area (Å²) < 4.78 is 12.3. The molecule has 0 spiro atoms. The second-order valence-electron chi connectivity index (χ2n) is 2.08. The molecule has 1 aromatic rings. The Balaban J connectivity index is 2.58. The average molecular weight is 152 g/mol. The molecule has 1 rings (SSSR count).